The average molecular weight is 418 g/mol. The molecule has 160 valence electrons. The number of carbonyl (C=O) groups excluding carboxylic acids is 1. The number of nitrogens with one attached hydrogen (secondary N) is 1. The van der Waals surface area contributed by atoms with Gasteiger partial charge in [0.05, 0.1) is 0 Å². The third kappa shape index (κ3) is 5.09. The van der Waals surface area contributed by atoms with Crippen LogP contribution in [0.25, 0.3) is 11.1 Å². The summed E-state index contributed by atoms with van der Waals surface area (Å²) in [6.45, 7) is 6.18. The van der Waals surface area contributed by atoms with Gasteiger partial charge < -0.3 is 14.6 Å². The van der Waals surface area contributed by atoms with Crippen molar-refractivity contribution < 1.29 is 9.53 Å². The molecule has 1 aliphatic heterocycles. The van der Waals surface area contributed by atoms with Crippen LogP contribution in [0.2, 0.25) is 0 Å². The number of carbonyl (C=O) groups is 1. The third-order valence-electron chi connectivity index (χ3n) is 5.65. The summed E-state index contributed by atoms with van der Waals surface area (Å²) in [5.74, 6) is 0.430. The zero-order chi connectivity index (χ0) is 21.8. The Balaban J connectivity index is 1.71. The van der Waals surface area contributed by atoms with Crippen molar-refractivity contribution in [1.29, 1.82) is 0 Å². The lowest BCUT2D eigenvalue weighted by Gasteiger charge is -2.23. The summed E-state index contributed by atoms with van der Waals surface area (Å²) in [5.41, 5.74) is 3.28. The van der Waals surface area contributed by atoms with Crippen LogP contribution in [-0.4, -0.2) is 28.7 Å². The fourth-order valence-corrected chi connectivity index (χ4v) is 3.79. The highest BCUT2D eigenvalue weighted by molar-refractivity contribution is 6.04. The van der Waals surface area contributed by atoms with Gasteiger partial charge in [-0.2, -0.15) is 0 Å². The van der Waals surface area contributed by atoms with Crippen LogP contribution >= 0.6 is 0 Å². The lowest BCUT2D eigenvalue weighted by molar-refractivity contribution is 0.0612. The monoisotopic (exact) mass is 417 g/mol. The van der Waals surface area contributed by atoms with E-state index in [1.165, 1.54) is 0 Å². The van der Waals surface area contributed by atoms with Gasteiger partial charge in [-0.05, 0) is 49.8 Å². The van der Waals surface area contributed by atoms with Gasteiger partial charge in [0, 0.05) is 43.9 Å². The van der Waals surface area contributed by atoms with Crippen molar-refractivity contribution in [2.24, 2.45) is 5.92 Å². The second-order valence-electron chi connectivity index (χ2n) is 8.21. The van der Waals surface area contributed by atoms with Gasteiger partial charge >= 0.3 is 0 Å². The van der Waals surface area contributed by atoms with E-state index in [0.717, 1.165) is 49.3 Å². The quantitative estimate of drug-likeness (QED) is 0.675. The average Bonchev–Trinajstić information content (AvgIpc) is 2.78. The highest BCUT2D eigenvalue weighted by atomic mass is 16.5. The van der Waals surface area contributed by atoms with Crippen LogP contribution in [0.15, 0.2) is 59.8 Å². The molecule has 0 atom stereocenters. The maximum Gasteiger partial charge on any atom is 0.262 e. The van der Waals surface area contributed by atoms with E-state index >= 15 is 0 Å². The number of pyridine rings is 2. The molecule has 0 bridgehead atoms. The number of ether oxygens (including phenoxy) is 1. The van der Waals surface area contributed by atoms with Crippen molar-refractivity contribution in [3.8, 4) is 11.1 Å². The summed E-state index contributed by atoms with van der Waals surface area (Å²) in [7, 11) is 0. The summed E-state index contributed by atoms with van der Waals surface area (Å²) >= 11 is 0. The zero-order valence-electron chi connectivity index (χ0n) is 17.9. The van der Waals surface area contributed by atoms with Gasteiger partial charge in [0.15, 0.2) is 0 Å². The van der Waals surface area contributed by atoms with E-state index in [9.17, 15) is 9.59 Å². The zero-order valence-corrected chi connectivity index (χ0v) is 17.9. The molecule has 4 rings (SSSR count). The van der Waals surface area contributed by atoms with Crippen LogP contribution in [0, 0.1) is 19.8 Å². The van der Waals surface area contributed by atoms with Crippen LogP contribution in [0.3, 0.4) is 0 Å². The van der Waals surface area contributed by atoms with Crippen molar-refractivity contribution >= 4 is 11.7 Å². The van der Waals surface area contributed by atoms with Crippen molar-refractivity contribution in [2.45, 2.75) is 33.2 Å². The molecule has 1 N–H and O–H groups in total. The van der Waals surface area contributed by atoms with Gasteiger partial charge in [0.2, 0.25) is 5.43 Å². The van der Waals surface area contributed by atoms with E-state index in [1.807, 2.05) is 54.9 Å². The minimum atomic E-state index is -0.448. The number of aromatic nitrogens is 2. The maximum absolute atomic E-state index is 13.3. The number of benzene rings is 1. The lowest BCUT2D eigenvalue weighted by Crippen LogP contribution is -2.27. The molecule has 1 aromatic carbocycles. The Kier molecular flexibility index (Phi) is 6.28. The highest BCUT2D eigenvalue weighted by Crippen LogP contribution is 2.21. The van der Waals surface area contributed by atoms with E-state index in [0.29, 0.717) is 17.3 Å². The van der Waals surface area contributed by atoms with Crippen LogP contribution in [0.1, 0.15) is 34.3 Å². The molecule has 1 saturated heterocycles. The minimum absolute atomic E-state index is 0.118. The Morgan fingerprint density at radius 3 is 2.45 bits per heavy atom. The van der Waals surface area contributed by atoms with Crippen LogP contribution in [0.5, 0.6) is 0 Å². The largest absolute Gasteiger partial charge is 0.381 e. The normalized spacial score (nSPS) is 14.4. The minimum Gasteiger partial charge on any atom is -0.381 e. The molecule has 6 nitrogen and oxygen atoms in total. The molecule has 3 aromatic rings. The van der Waals surface area contributed by atoms with E-state index in [-0.39, 0.29) is 11.0 Å². The summed E-state index contributed by atoms with van der Waals surface area (Å²) in [4.78, 5) is 30.5. The van der Waals surface area contributed by atoms with Crippen molar-refractivity contribution in [2.75, 3.05) is 18.5 Å². The molecule has 0 saturated carbocycles. The fraction of sp³-hybridized carbons (Fsp3) is 0.320. The number of rotatable bonds is 5. The van der Waals surface area contributed by atoms with Gasteiger partial charge in [0.25, 0.3) is 5.91 Å². The van der Waals surface area contributed by atoms with Crippen molar-refractivity contribution in [3.63, 3.8) is 0 Å². The molecule has 1 aliphatic rings. The molecule has 3 heterocycles. The topological polar surface area (TPSA) is 73.2 Å². The summed E-state index contributed by atoms with van der Waals surface area (Å²) in [6, 6.07) is 11.4. The Morgan fingerprint density at radius 2 is 1.77 bits per heavy atom. The molecule has 0 unspecified atom stereocenters. The second kappa shape index (κ2) is 9.27. The van der Waals surface area contributed by atoms with Gasteiger partial charge in [-0.1, -0.05) is 35.9 Å². The van der Waals surface area contributed by atoms with Gasteiger partial charge in [-0.3, -0.25) is 9.59 Å². The molecule has 1 amide bonds. The molecule has 31 heavy (non-hydrogen) atoms. The van der Waals surface area contributed by atoms with Crippen molar-refractivity contribution in [3.05, 3.63) is 81.9 Å². The number of amides is 1. The molecule has 1 fully saturated rings. The van der Waals surface area contributed by atoms with E-state index in [1.54, 1.807) is 18.5 Å². The van der Waals surface area contributed by atoms with Crippen LogP contribution in [-0.2, 0) is 11.3 Å². The summed E-state index contributed by atoms with van der Waals surface area (Å²) in [5, 5.41) is 2.76. The Hall–Kier alpha value is -3.25. The van der Waals surface area contributed by atoms with Gasteiger partial charge in [-0.15, -0.1) is 0 Å². The molecule has 0 spiro atoms. The molecule has 0 aliphatic carbocycles. The number of anilines is 1. The first-order valence-electron chi connectivity index (χ1n) is 10.6. The van der Waals surface area contributed by atoms with Gasteiger partial charge in [-0.25, -0.2) is 4.98 Å². The first-order chi connectivity index (χ1) is 15.0. The molecular weight excluding hydrogens is 390 g/mol. The van der Waals surface area contributed by atoms with Gasteiger partial charge in [0.1, 0.15) is 11.4 Å². The predicted molar refractivity (Wildman–Crippen MR) is 121 cm³/mol. The maximum atomic E-state index is 13.3. The van der Waals surface area contributed by atoms with Crippen LogP contribution in [0.4, 0.5) is 5.82 Å². The molecule has 2 aromatic heterocycles. The summed E-state index contributed by atoms with van der Waals surface area (Å²) in [6.07, 6.45) is 7.16. The SMILES string of the molecule is Cc1ccc(-c2cn(CC3CCOCC3)cc(C(=O)Nc3ccc(C)cn3)c2=O)cc1. The number of nitrogens with zero attached hydrogens (tertiary/aromatic N) is 2. The number of hydrogen-bond donors (Lipinski definition) is 1. The molecule has 0 radical (unpaired) electrons. The Labute approximate surface area is 181 Å². The number of aryl methyl sites for hydroxylation is 2. The van der Waals surface area contributed by atoms with E-state index < -0.39 is 5.91 Å². The molecular formula is C25H27N3O3. The van der Waals surface area contributed by atoms with E-state index in [2.05, 4.69) is 10.3 Å². The smallest absolute Gasteiger partial charge is 0.262 e. The second-order valence-corrected chi connectivity index (χ2v) is 8.21. The first-order valence-corrected chi connectivity index (χ1v) is 10.6. The Morgan fingerprint density at radius 1 is 1.06 bits per heavy atom. The van der Waals surface area contributed by atoms with E-state index in [4.69, 9.17) is 4.74 Å². The molecule has 6 heteroatoms. The summed E-state index contributed by atoms with van der Waals surface area (Å²) < 4.78 is 7.44. The highest BCUT2D eigenvalue weighted by Gasteiger charge is 2.19. The predicted octanol–water partition coefficient (Wildman–Crippen LogP) is 4.21. The standard InChI is InChI=1S/C25H27N3O3/c1-17-3-6-20(7-4-17)21-15-28(14-19-9-11-31-12-10-19)16-22(24(21)29)25(30)27-23-8-5-18(2)13-26-23/h3-8,13,15-16,19H,9-12,14H2,1-2H3,(H,26,27,30). The lowest BCUT2D eigenvalue weighted by atomic mass is 9.99. The van der Waals surface area contributed by atoms with Crippen LogP contribution < -0.4 is 10.7 Å². The first kappa shape index (κ1) is 21.0. The van der Waals surface area contributed by atoms with Crippen molar-refractivity contribution in [1.82, 2.24) is 9.55 Å². The number of hydrogen-bond acceptors (Lipinski definition) is 4. The third-order valence-corrected chi connectivity index (χ3v) is 5.65. The Bertz CT molecular complexity index is 1110. The fourth-order valence-electron chi connectivity index (χ4n) is 3.79.